The van der Waals surface area contributed by atoms with Gasteiger partial charge >= 0.3 is 0 Å². The predicted octanol–water partition coefficient (Wildman–Crippen LogP) is 4.85. The average molecular weight is 377 g/mol. The SMILES string of the molecule is C=C(C)CSc1nnc2c3c4c(sc3nc(SC)n12)CC(C)CC4. The van der Waals surface area contributed by atoms with Crippen molar-refractivity contribution in [3.8, 4) is 0 Å². The van der Waals surface area contributed by atoms with Crippen LogP contribution >= 0.6 is 34.9 Å². The van der Waals surface area contributed by atoms with Crippen molar-refractivity contribution >= 4 is 50.7 Å². The van der Waals surface area contributed by atoms with E-state index < -0.39 is 0 Å². The first-order valence-electron chi connectivity index (χ1n) is 8.09. The van der Waals surface area contributed by atoms with Crippen LogP contribution in [0.5, 0.6) is 0 Å². The molecule has 24 heavy (non-hydrogen) atoms. The van der Waals surface area contributed by atoms with Crippen LogP contribution in [0.25, 0.3) is 15.9 Å². The maximum absolute atomic E-state index is 4.94. The lowest BCUT2D eigenvalue weighted by molar-refractivity contribution is 0.509. The van der Waals surface area contributed by atoms with Crippen molar-refractivity contribution in [2.24, 2.45) is 5.92 Å². The quantitative estimate of drug-likeness (QED) is 0.370. The number of rotatable bonds is 4. The minimum absolute atomic E-state index is 0.765. The molecule has 0 amide bonds. The molecule has 0 N–H and O–H groups in total. The summed E-state index contributed by atoms with van der Waals surface area (Å²) >= 11 is 5.19. The van der Waals surface area contributed by atoms with E-state index in [0.29, 0.717) is 0 Å². The van der Waals surface area contributed by atoms with Gasteiger partial charge in [0.2, 0.25) is 0 Å². The van der Waals surface area contributed by atoms with Crippen LogP contribution in [0, 0.1) is 5.92 Å². The molecule has 4 rings (SSSR count). The normalized spacial score (nSPS) is 17.5. The van der Waals surface area contributed by atoms with Crippen LogP contribution in [0.3, 0.4) is 0 Å². The number of thioether (sulfide) groups is 2. The summed E-state index contributed by atoms with van der Waals surface area (Å²) in [5.74, 6) is 1.62. The number of thiophene rings is 1. The van der Waals surface area contributed by atoms with E-state index in [1.165, 1.54) is 28.7 Å². The highest BCUT2D eigenvalue weighted by Crippen LogP contribution is 2.40. The van der Waals surface area contributed by atoms with Crippen LogP contribution in [0.2, 0.25) is 0 Å². The first-order valence-corrected chi connectivity index (χ1v) is 11.1. The molecule has 1 unspecified atom stereocenters. The lowest BCUT2D eigenvalue weighted by Crippen LogP contribution is -2.08. The van der Waals surface area contributed by atoms with Gasteiger partial charge in [0.15, 0.2) is 16.0 Å². The molecule has 0 radical (unpaired) electrons. The lowest BCUT2D eigenvalue weighted by Gasteiger charge is -2.17. The highest BCUT2D eigenvalue weighted by molar-refractivity contribution is 7.99. The van der Waals surface area contributed by atoms with Crippen LogP contribution in [0.1, 0.15) is 30.7 Å². The fourth-order valence-electron chi connectivity index (χ4n) is 3.21. The zero-order valence-electron chi connectivity index (χ0n) is 14.1. The topological polar surface area (TPSA) is 43.1 Å². The Kier molecular flexibility index (Phi) is 4.34. The molecular formula is C17H20N4S3. The lowest BCUT2D eigenvalue weighted by atomic mass is 9.89. The molecule has 0 saturated carbocycles. The van der Waals surface area contributed by atoms with Crippen LogP contribution in [-0.2, 0) is 12.8 Å². The van der Waals surface area contributed by atoms with Crippen molar-refractivity contribution in [1.29, 1.82) is 0 Å². The highest BCUT2D eigenvalue weighted by Gasteiger charge is 2.25. The molecular weight excluding hydrogens is 356 g/mol. The second-order valence-electron chi connectivity index (χ2n) is 6.52. The third-order valence-electron chi connectivity index (χ3n) is 4.37. The summed E-state index contributed by atoms with van der Waals surface area (Å²) in [6.07, 6.45) is 5.62. The van der Waals surface area contributed by atoms with Gasteiger partial charge in [-0.2, -0.15) is 0 Å². The van der Waals surface area contributed by atoms with Gasteiger partial charge in [-0.05, 0) is 43.9 Å². The molecule has 3 heterocycles. The van der Waals surface area contributed by atoms with E-state index in [0.717, 1.165) is 44.5 Å². The van der Waals surface area contributed by atoms with Gasteiger partial charge in [-0.3, -0.25) is 0 Å². The zero-order chi connectivity index (χ0) is 16.8. The number of fused-ring (bicyclic) bond motifs is 5. The summed E-state index contributed by atoms with van der Waals surface area (Å²) < 4.78 is 2.13. The Bertz CT molecular complexity index is 941. The van der Waals surface area contributed by atoms with Gasteiger partial charge in [0.25, 0.3) is 0 Å². The molecule has 3 aromatic heterocycles. The van der Waals surface area contributed by atoms with Crippen LogP contribution in [-0.4, -0.2) is 31.6 Å². The van der Waals surface area contributed by atoms with Gasteiger partial charge in [0.1, 0.15) is 4.83 Å². The van der Waals surface area contributed by atoms with Crippen molar-refractivity contribution in [3.05, 3.63) is 22.6 Å². The van der Waals surface area contributed by atoms with Gasteiger partial charge in [-0.1, -0.05) is 42.6 Å². The molecule has 1 aliphatic carbocycles. The maximum Gasteiger partial charge on any atom is 0.198 e. The number of nitrogens with zero attached hydrogens (tertiary/aromatic N) is 4. The van der Waals surface area contributed by atoms with Crippen LogP contribution in [0.4, 0.5) is 0 Å². The second-order valence-corrected chi connectivity index (χ2v) is 9.32. The molecule has 1 atom stereocenters. The van der Waals surface area contributed by atoms with E-state index in [-0.39, 0.29) is 0 Å². The summed E-state index contributed by atoms with van der Waals surface area (Å²) in [6.45, 7) is 8.37. The van der Waals surface area contributed by atoms with Crippen molar-refractivity contribution < 1.29 is 0 Å². The minimum Gasteiger partial charge on any atom is -0.248 e. The Hall–Kier alpha value is -1.05. The molecule has 0 aromatic carbocycles. The van der Waals surface area contributed by atoms with Crippen molar-refractivity contribution in [2.45, 2.75) is 43.4 Å². The Morgan fingerprint density at radius 1 is 1.38 bits per heavy atom. The molecule has 4 nitrogen and oxygen atoms in total. The third-order valence-corrected chi connectivity index (χ3v) is 7.32. The van der Waals surface area contributed by atoms with Crippen molar-refractivity contribution in [3.63, 3.8) is 0 Å². The molecule has 0 aliphatic heterocycles. The van der Waals surface area contributed by atoms with Gasteiger partial charge in [0, 0.05) is 10.6 Å². The maximum atomic E-state index is 4.94. The molecule has 7 heteroatoms. The highest BCUT2D eigenvalue weighted by atomic mass is 32.2. The standard InChI is InChI=1S/C17H20N4S3/c1-9(2)8-23-17-20-19-14-13-11-6-5-10(3)7-12(11)24-15(13)18-16(22-4)21(14)17/h10H,1,5-8H2,2-4H3. The molecule has 0 fully saturated rings. The third kappa shape index (κ3) is 2.66. The molecule has 3 aromatic rings. The minimum atomic E-state index is 0.765. The summed E-state index contributed by atoms with van der Waals surface area (Å²) in [5, 5.41) is 12.1. The molecule has 1 aliphatic rings. The fraction of sp³-hybridized carbons (Fsp3) is 0.471. The monoisotopic (exact) mass is 376 g/mol. The Labute approximate surface area is 154 Å². The predicted molar refractivity (Wildman–Crippen MR) is 105 cm³/mol. The Balaban J connectivity index is 1.94. The largest absolute Gasteiger partial charge is 0.248 e. The van der Waals surface area contributed by atoms with Crippen LogP contribution < -0.4 is 0 Å². The Morgan fingerprint density at radius 2 is 2.21 bits per heavy atom. The van der Waals surface area contributed by atoms with E-state index in [1.807, 2.05) is 18.3 Å². The summed E-state index contributed by atoms with van der Waals surface area (Å²) in [5.41, 5.74) is 3.57. The zero-order valence-corrected chi connectivity index (χ0v) is 16.6. The average Bonchev–Trinajstić information content (AvgIpc) is 3.11. The molecule has 0 bridgehead atoms. The molecule has 0 saturated heterocycles. The number of aryl methyl sites for hydroxylation is 1. The van der Waals surface area contributed by atoms with Gasteiger partial charge in [-0.15, -0.1) is 21.5 Å². The van der Waals surface area contributed by atoms with E-state index in [1.54, 1.807) is 23.5 Å². The van der Waals surface area contributed by atoms with Gasteiger partial charge in [0.05, 0.1) is 5.39 Å². The van der Waals surface area contributed by atoms with E-state index in [9.17, 15) is 0 Å². The summed E-state index contributed by atoms with van der Waals surface area (Å²) in [6, 6.07) is 0. The van der Waals surface area contributed by atoms with Crippen LogP contribution in [0.15, 0.2) is 22.5 Å². The fourth-order valence-corrected chi connectivity index (χ4v) is 6.01. The number of hydrogen-bond donors (Lipinski definition) is 0. The smallest absolute Gasteiger partial charge is 0.198 e. The molecule has 0 spiro atoms. The first kappa shape index (κ1) is 16.4. The number of hydrogen-bond acceptors (Lipinski definition) is 6. The van der Waals surface area contributed by atoms with Crippen molar-refractivity contribution in [2.75, 3.05) is 12.0 Å². The summed E-state index contributed by atoms with van der Waals surface area (Å²) in [7, 11) is 0. The first-order chi connectivity index (χ1) is 11.6. The summed E-state index contributed by atoms with van der Waals surface area (Å²) in [4.78, 5) is 7.56. The van der Waals surface area contributed by atoms with Gasteiger partial charge in [-0.25, -0.2) is 9.38 Å². The van der Waals surface area contributed by atoms with Crippen molar-refractivity contribution in [1.82, 2.24) is 19.6 Å². The van der Waals surface area contributed by atoms with E-state index in [4.69, 9.17) is 4.98 Å². The number of aromatic nitrogens is 4. The molecule has 126 valence electrons. The Morgan fingerprint density at radius 3 is 2.96 bits per heavy atom. The van der Waals surface area contributed by atoms with Gasteiger partial charge < -0.3 is 0 Å². The van der Waals surface area contributed by atoms with E-state index >= 15 is 0 Å². The second kappa shape index (κ2) is 6.35. The van der Waals surface area contributed by atoms with E-state index in [2.05, 4.69) is 34.4 Å².